The van der Waals surface area contributed by atoms with E-state index >= 15 is 0 Å². The molecule has 2 nitrogen and oxygen atoms in total. The van der Waals surface area contributed by atoms with Crippen molar-refractivity contribution in [1.29, 1.82) is 0 Å². The molecule has 0 heterocycles. The largest absolute Gasteiger partial charge is 0.396 e. The monoisotopic (exact) mass is 294 g/mol. The van der Waals surface area contributed by atoms with Gasteiger partial charge in [0.05, 0.1) is 0 Å². The van der Waals surface area contributed by atoms with Crippen molar-refractivity contribution in [3.8, 4) is 0 Å². The van der Waals surface area contributed by atoms with Crippen LogP contribution in [0.3, 0.4) is 0 Å². The SMILES string of the molecule is OCCCCCCC1(CCCCCCO)CC2C=CC1C2. The van der Waals surface area contributed by atoms with Crippen molar-refractivity contribution in [2.24, 2.45) is 17.3 Å². The van der Waals surface area contributed by atoms with Gasteiger partial charge in [0, 0.05) is 13.2 Å². The van der Waals surface area contributed by atoms with Crippen molar-refractivity contribution in [2.75, 3.05) is 13.2 Å². The minimum absolute atomic E-state index is 0.351. The van der Waals surface area contributed by atoms with E-state index in [1.54, 1.807) is 0 Å². The van der Waals surface area contributed by atoms with E-state index < -0.39 is 0 Å². The van der Waals surface area contributed by atoms with Gasteiger partial charge in [-0.2, -0.15) is 0 Å². The van der Waals surface area contributed by atoms with Crippen LogP contribution >= 0.6 is 0 Å². The van der Waals surface area contributed by atoms with Crippen LogP contribution in [0.1, 0.15) is 77.0 Å². The average Bonchev–Trinajstić information content (AvgIpc) is 3.08. The Morgan fingerprint density at radius 2 is 1.33 bits per heavy atom. The molecule has 0 aliphatic heterocycles. The molecule has 0 amide bonds. The van der Waals surface area contributed by atoms with E-state index in [0.29, 0.717) is 18.6 Å². The summed E-state index contributed by atoms with van der Waals surface area (Å²) in [4.78, 5) is 0. The van der Waals surface area contributed by atoms with Crippen molar-refractivity contribution < 1.29 is 10.2 Å². The van der Waals surface area contributed by atoms with Crippen LogP contribution in [-0.2, 0) is 0 Å². The molecule has 1 fully saturated rings. The van der Waals surface area contributed by atoms with Crippen molar-refractivity contribution in [3.05, 3.63) is 12.2 Å². The van der Waals surface area contributed by atoms with Gasteiger partial charge in [0.15, 0.2) is 0 Å². The topological polar surface area (TPSA) is 40.5 Å². The highest BCUT2D eigenvalue weighted by atomic mass is 16.3. The van der Waals surface area contributed by atoms with E-state index in [-0.39, 0.29) is 0 Å². The molecule has 2 heteroatoms. The Morgan fingerprint density at radius 3 is 1.76 bits per heavy atom. The van der Waals surface area contributed by atoms with E-state index in [2.05, 4.69) is 12.2 Å². The lowest BCUT2D eigenvalue weighted by Crippen LogP contribution is -2.26. The normalized spacial score (nSPS) is 25.8. The Hall–Kier alpha value is -0.340. The lowest BCUT2D eigenvalue weighted by Gasteiger charge is -2.36. The Bertz CT molecular complexity index is 297. The maximum atomic E-state index is 8.87. The molecule has 2 rings (SSSR count). The highest BCUT2D eigenvalue weighted by molar-refractivity contribution is 5.15. The number of fused-ring (bicyclic) bond motifs is 2. The van der Waals surface area contributed by atoms with Crippen molar-refractivity contribution >= 4 is 0 Å². The van der Waals surface area contributed by atoms with Gasteiger partial charge in [-0.3, -0.25) is 0 Å². The standard InChI is InChI=1S/C19H34O2/c20-13-7-3-1-5-11-19(12-6-2-4-8-14-21)16-17-9-10-18(19)15-17/h9-10,17-18,20-21H,1-8,11-16H2. The van der Waals surface area contributed by atoms with E-state index in [1.165, 1.54) is 64.2 Å². The molecule has 2 aliphatic rings. The smallest absolute Gasteiger partial charge is 0.0431 e. The van der Waals surface area contributed by atoms with Crippen LogP contribution in [0.5, 0.6) is 0 Å². The van der Waals surface area contributed by atoms with Crippen LogP contribution in [0, 0.1) is 17.3 Å². The first-order valence-electron chi connectivity index (χ1n) is 9.21. The first-order chi connectivity index (χ1) is 10.3. The number of allylic oxidation sites excluding steroid dienone is 2. The van der Waals surface area contributed by atoms with Gasteiger partial charge in [0.25, 0.3) is 0 Å². The molecule has 0 radical (unpaired) electrons. The maximum absolute atomic E-state index is 8.87. The van der Waals surface area contributed by atoms with E-state index in [9.17, 15) is 0 Å². The van der Waals surface area contributed by atoms with Gasteiger partial charge in [0.2, 0.25) is 0 Å². The third kappa shape index (κ3) is 4.82. The average molecular weight is 294 g/mol. The fraction of sp³-hybridized carbons (Fsp3) is 0.895. The lowest BCUT2D eigenvalue weighted by atomic mass is 9.69. The van der Waals surface area contributed by atoms with Crippen LogP contribution in [0.4, 0.5) is 0 Å². The Balaban J connectivity index is 1.74. The Labute approximate surface area is 130 Å². The minimum atomic E-state index is 0.351. The number of hydrogen-bond donors (Lipinski definition) is 2. The fourth-order valence-electron chi connectivity index (χ4n) is 4.64. The number of aliphatic hydroxyl groups excluding tert-OH is 2. The van der Waals surface area contributed by atoms with Gasteiger partial charge in [0.1, 0.15) is 0 Å². The zero-order valence-corrected chi connectivity index (χ0v) is 13.6. The van der Waals surface area contributed by atoms with E-state index in [0.717, 1.165) is 24.7 Å². The molecule has 2 aliphatic carbocycles. The van der Waals surface area contributed by atoms with Gasteiger partial charge in [-0.15, -0.1) is 0 Å². The zero-order valence-electron chi connectivity index (χ0n) is 13.6. The van der Waals surface area contributed by atoms with Crippen molar-refractivity contribution in [1.82, 2.24) is 0 Å². The molecule has 0 aromatic carbocycles. The zero-order chi connectivity index (χ0) is 15.0. The van der Waals surface area contributed by atoms with E-state index in [4.69, 9.17) is 10.2 Å². The van der Waals surface area contributed by atoms with Crippen molar-refractivity contribution in [2.45, 2.75) is 77.0 Å². The van der Waals surface area contributed by atoms with Crippen LogP contribution < -0.4 is 0 Å². The molecule has 21 heavy (non-hydrogen) atoms. The highest BCUT2D eigenvalue weighted by Crippen LogP contribution is 2.57. The molecule has 1 saturated carbocycles. The summed E-state index contributed by atoms with van der Waals surface area (Å²) in [5.41, 5.74) is 0.595. The first-order valence-corrected chi connectivity index (χ1v) is 9.21. The van der Waals surface area contributed by atoms with Crippen LogP contribution in [0.2, 0.25) is 0 Å². The second kappa shape index (κ2) is 8.95. The quantitative estimate of drug-likeness (QED) is 0.412. The number of unbranched alkanes of at least 4 members (excludes halogenated alkanes) is 6. The summed E-state index contributed by atoms with van der Waals surface area (Å²) >= 11 is 0. The third-order valence-corrected chi connectivity index (χ3v) is 5.79. The number of rotatable bonds is 12. The Kier molecular flexibility index (Phi) is 7.25. The van der Waals surface area contributed by atoms with Crippen LogP contribution in [-0.4, -0.2) is 23.4 Å². The minimum Gasteiger partial charge on any atom is -0.396 e. The lowest BCUT2D eigenvalue weighted by molar-refractivity contribution is 0.173. The highest BCUT2D eigenvalue weighted by Gasteiger charge is 2.46. The van der Waals surface area contributed by atoms with Gasteiger partial charge >= 0.3 is 0 Å². The molecule has 122 valence electrons. The maximum Gasteiger partial charge on any atom is 0.0431 e. The summed E-state index contributed by atoms with van der Waals surface area (Å²) in [6.07, 6.45) is 20.2. The van der Waals surface area contributed by atoms with Crippen molar-refractivity contribution in [3.63, 3.8) is 0 Å². The number of aliphatic hydroxyl groups is 2. The molecule has 2 bridgehead atoms. The second-order valence-corrected chi connectivity index (χ2v) is 7.33. The molecule has 0 saturated heterocycles. The summed E-state index contributed by atoms with van der Waals surface area (Å²) in [7, 11) is 0. The fourth-order valence-corrected chi connectivity index (χ4v) is 4.64. The van der Waals surface area contributed by atoms with Gasteiger partial charge in [-0.25, -0.2) is 0 Å². The molecule has 2 unspecified atom stereocenters. The summed E-state index contributed by atoms with van der Waals surface area (Å²) in [5.74, 6) is 1.71. The van der Waals surface area contributed by atoms with E-state index in [1.807, 2.05) is 0 Å². The summed E-state index contributed by atoms with van der Waals surface area (Å²) in [6.45, 7) is 0.701. The molecular formula is C19H34O2. The molecule has 2 N–H and O–H groups in total. The molecule has 0 spiro atoms. The predicted octanol–water partition coefficient (Wildman–Crippen LogP) is 4.45. The molecule has 0 aromatic heterocycles. The summed E-state index contributed by atoms with van der Waals surface area (Å²) < 4.78 is 0. The molecule has 2 atom stereocenters. The molecule has 0 aromatic rings. The van der Waals surface area contributed by atoms with Crippen LogP contribution in [0.25, 0.3) is 0 Å². The summed E-state index contributed by atoms with van der Waals surface area (Å²) in [5, 5.41) is 17.7. The molecular weight excluding hydrogens is 260 g/mol. The van der Waals surface area contributed by atoms with Crippen LogP contribution in [0.15, 0.2) is 12.2 Å². The third-order valence-electron chi connectivity index (χ3n) is 5.79. The second-order valence-electron chi connectivity index (χ2n) is 7.33. The van der Waals surface area contributed by atoms with Gasteiger partial charge < -0.3 is 10.2 Å². The first kappa shape index (κ1) is 17.0. The van der Waals surface area contributed by atoms with Gasteiger partial charge in [-0.1, -0.05) is 50.7 Å². The number of hydrogen-bond acceptors (Lipinski definition) is 2. The summed E-state index contributed by atoms with van der Waals surface area (Å²) in [6, 6.07) is 0. The predicted molar refractivity (Wildman–Crippen MR) is 88.1 cm³/mol. The van der Waals surface area contributed by atoms with Gasteiger partial charge in [-0.05, 0) is 55.8 Å². The Morgan fingerprint density at radius 1 is 0.762 bits per heavy atom.